The molecule has 0 nitrogen and oxygen atoms in total. The topological polar surface area (TPSA) is 0 Å². The van der Waals surface area contributed by atoms with Crippen LogP contribution in [0.4, 0.5) is 0 Å². The molecule has 6 rings (SSSR count). The Bertz CT molecular complexity index is 1170. The van der Waals surface area contributed by atoms with E-state index in [1.54, 1.807) is 16.7 Å². The van der Waals surface area contributed by atoms with E-state index in [4.69, 9.17) is 0 Å². The molecular formula is C41H56. The summed E-state index contributed by atoms with van der Waals surface area (Å²) in [5, 5.41) is 0. The van der Waals surface area contributed by atoms with Gasteiger partial charge in [0.2, 0.25) is 0 Å². The number of benzene rings is 2. The first-order valence-corrected chi connectivity index (χ1v) is 16.8. The van der Waals surface area contributed by atoms with E-state index >= 15 is 0 Å². The maximum Gasteiger partial charge on any atom is -0.00730 e. The third-order valence-electron chi connectivity index (χ3n) is 12.7. The molecule has 0 heteroatoms. The van der Waals surface area contributed by atoms with Gasteiger partial charge in [-0.1, -0.05) is 134 Å². The molecule has 8 unspecified atom stereocenters. The molecule has 8 atom stereocenters. The fraction of sp³-hybridized carbons (Fsp3) is 0.610. The Morgan fingerprint density at radius 3 is 1.34 bits per heavy atom. The van der Waals surface area contributed by atoms with Crippen molar-refractivity contribution in [3.63, 3.8) is 0 Å². The smallest absolute Gasteiger partial charge is 0.00730 e. The lowest BCUT2D eigenvalue weighted by Gasteiger charge is -2.49. The minimum absolute atomic E-state index is 0.209. The third-order valence-corrected chi connectivity index (χ3v) is 12.7. The van der Waals surface area contributed by atoms with Gasteiger partial charge in [0.25, 0.3) is 0 Å². The molecule has 3 fully saturated rings. The number of hydrogen-bond acceptors (Lipinski definition) is 0. The molecule has 3 saturated carbocycles. The number of fused-ring (bicyclic) bond motifs is 3. The van der Waals surface area contributed by atoms with Gasteiger partial charge < -0.3 is 0 Å². The summed E-state index contributed by atoms with van der Waals surface area (Å²) in [5.74, 6) is 6.83. The number of allylic oxidation sites excluding steroid dienone is 4. The first-order valence-electron chi connectivity index (χ1n) is 16.8. The van der Waals surface area contributed by atoms with Crippen LogP contribution < -0.4 is 0 Å². The zero-order valence-electron chi connectivity index (χ0n) is 27.2. The van der Waals surface area contributed by atoms with Gasteiger partial charge in [0.1, 0.15) is 0 Å². The minimum atomic E-state index is 0.209. The van der Waals surface area contributed by atoms with E-state index in [-0.39, 0.29) is 5.41 Å². The molecule has 0 aliphatic heterocycles. The van der Waals surface area contributed by atoms with Gasteiger partial charge in [-0.05, 0) is 118 Å². The highest BCUT2D eigenvalue weighted by Gasteiger charge is 2.62. The van der Waals surface area contributed by atoms with Crippen molar-refractivity contribution in [2.75, 3.05) is 0 Å². The molecule has 2 aromatic rings. The Labute approximate surface area is 252 Å². The molecule has 220 valence electrons. The normalized spacial score (nSPS) is 35.6. The summed E-state index contributed by atoms with van der Waals surface area (Å²) in [6.45, 7) is 20.4. The molecule has 0 heterocycles. The third kappa shape index (κ3) is 5.21. The van der Waals surface area contributed by atoms with Crippen molar-refractivity contribution in [3.8, 4) is 0 Å². The van der Waals surface area contributed by atoms with Crippen LogP contribution in [0.25, 0.3) is 0 Å². The fourth-order valence-electron chi connectivity index (χ4n) is 10.9. The maximum atomic E-state index is 2.62. The van der Waals surface area contributed by atoms with Crippen LogP contribution >= 0.6 is 0 Å². The standard InChI is InChI=1S/C41H56/c1-39(2,3)36-25-32-33-26-37(40(4,5)6)31(28-19-13-10-14-20-28)24-35(33)38(41(7,8)29-21-15-16-22-29)34(32)23-30(36)27-17-11-9-12-18-27/h9-15,17-22,30-38H,16,23-26H2,1-8H3. The molecular weight excluding hydrogens is 492 g/mol. The summed E-state index contributed by atoms with van der Waals surface area (Å²) < 4.78 is 0. The van der Waals surface area contributed by atoms with Gasteiger partial charge in [0.05, 0.1) is 0 Å². The second kappa shape index (κ2) is 10.6. The number of rotatable bonds is 4. The lowest BCUT2D eigenvalue weighted by Crippen LogP contribution is -2.41. The molecule has 0 bridgehead atoms. The summed E-state index contributed by atoms with van der Waals surface area (Å²) in [5.41, 5.74) is 5.64. The van der Waals surface area contributed by atoms with Gasteiger partial charge in [-0.2, -0.15) is 0 Å². The Morgan fingerprint density at radius 1 is 0.537 bits per heavy atom. The van der Waals surface area contributed by atoms with E-state index in [9.17, 15) is 0 Å². The molecule has 0 spiro atoms. The molecule has 0 aromatic heterocycles. The lowest BCUT2D eigenvalue weighted by molar-refractivity contribution is 0.0336. The second-order valence-electron chi connectivity index (χ2n) is 17.1. The van der Waals surface area contributed by atoms with Crippen LogP contribution in [0.2, 0.25) is 0 Å². The van der Waals surface area contributed by atoms with Crippen LogP contribution in [-0.4, -0.2) is 0 Å². The van der Waals surface area contributed by atoms with Crippen LogP contribution in [0.15, 0.2) is 84.5 Å². The fourth-order valence-corrected chi connectivity index (χ4v) is 10.9. The SMILES string of the molecule is CC(C)(C)C1CC2C3CC(C(C)(C)C)C(c4ccccc4)CC3C(C(C)(C)C3=CCC=C3)C2CC1c1ccccc1. The van der Waals surface area contributed by atoms with E-state index in [0.29, 0.717) is 22.7 Å². The van der Waals surface area contributed by atoms with Crippen LogP contribution in [0.1, 0.15) is 110 Å². The molecule has 2 aromatic carbocycles. The van der Waals surface area contributed by atoms with Crippen LogP contribution in [0.5, 0.6) is 0 Å². The van der Waals surface area contributed by atoms with Crippen molar-refractivity contribution in [2.45, 2.75) is 99.3 Å². The number of hydrogen-bond donors (Lipinski definition) is 0. The first-order chi connectivity index (χ1) is 19.4. The van der Waals surface area contributed by atoms with E-state index in [1.807, 2.05) is 0 Å². The van der Waals surface area contributed by atoms with Gasteiger partial charge >= 0.3 is 0 Å². The summed E-state index contributed by atoms with van der Waals surface area (Å²) in [7, 11) is 0. The Morgan fingerprint density at radius 2 is 0.976 bits per heavy atom. The Kier molecular flexibility index (Phi) is 7.48. The average Bonchev–Trinajstić information content (AvgIpc) is 3.59. The zero-order valence-corrected chi connectivity index (χ0v) is 27.2. The van der Waals surface area contributed by atoms with E-state index < -0.39 is 0 Å². The van der Waals surface area contributed by atoms with Crippen molar-refractivity contribution in [3.05, 3.63) is 95.6 Å². The highest BCUT2D eigenvalue weighted by molar-refractivity contribution is 5.35. The van der Waals surface area contributed by atoms with Gasteiger partial charge in [0.15, 0.2) is 0 Å². The predicted molar refractivity (Wildman–Crippen MR) is 176 cm³/mol. The van der Waals surface area contributed by atoms with Crippen molar-refractivity contribution in [1.82, 2.24) is 0 Å². The Balaban J connectivity index is 1.46. The van der Waals surface area contributed by atoms with Crippen molar-refractivity contribution in [1.29, 1.82) is 0 Å². The van der Waals surface area contributed by atoms with Crippen LogP contribution in [-0.2, 0) is 0 Å². The monoisotopic (exact) mass is 548 g/mol. The van der Waals surface area contributed by atoms with Crippen LogP contribution in [0.3, 0.4) is 0 Å². The van der Waals surface area contributed by atoms with E-state index in [1.165, 1.54) is 25.7 Å². The highest BCUT2D eigenvalue weighted by Crippen LogP contribution is 2.69. The summed E-state index contributed by atoms with van der Waals surface area (Å²) in [6.07, 6.45) is 14.1. The minimum Gasteiger partial charge on any atom is -0.0804 e. The molecule has 0 saturated heterocycles. The molecule has 0 radical (unpaired) electrons. The highest BCUT2D eigenvalue weighted by atomic mass is 14.7. The lowest BCUT2D eigenvalue weighted by atomic mass is 9.55. The summed E-state index contributed by atoms with van der Waals surface area (Å²) in [4.78, 5) is 0. The van der Waals surface area contributed by atoms with Gasteiger partial charge in [-0.3, -0.25) is 0 Å². The largest absolute Gasteiger partial charge is 0.0804 e. The van der Waals surface area contributed by atoms with Gasteiger partial charge in [0, 0.05) is 0 Å². The van der Waals surface area contributed by atoms with Crippen molar-refractivity contribution >= 4 is 0 Å². The quantitative estimate of drug-likeness (QED) is 0.356. The van der Waals surface area contributed by atoms with Crippen LogP contribution in [0, 0.1) is 57.7 Å². The second-order valence-corrected chi connectivity index (χ2v) is 17.1. The Hall–Kier alpha value is -2.08. The summed E-state index contributed by atoms with van der Waals surface area (Å²) in [6, 6.07) is 23.3. The molecule has 41 heavy (non-hydrogen) atoms. The predicted octanol–water partition coefficient (Wildman–Crippen LogP) is 11.5. The molecule has 4 aliphatic rings. The average molecular weight is 549 g/mol. The molecule has 0 amide bonds. The van der Waals surface area contributed by atoms with Crippen molar-refractivity contribution < 1.29 is 0 Å². The summed E-state index contributed by atoms with van der Waals surface area (Å²) >= 11 is 0. The van der Waals surface area contributed by atoms with E-state index in [2.05, 4.69) is 134 Å². The first kappa shape index (κ1) is 29.0. The van der Waals surface area contributed by atoms with Gasteiger partial charge in [-0.25, -0.2) is 0 Å². The van der Waals surface area contributed by atoms with Gasteiger partial charge in [-0.15, -0.1) is 0 Å². The van der Waals surface area contributed by atoms with Crippen molar-refractivity contribution in [2.24, 2.45) is 57.7 Å². The maximum absolute atomic E-state index is 2.62. The van der Waals surface area contributed by atoms with E-state index in [0.717, 1.165) is 47.8 Å². The zero-order chi connectivity index (χ0) is 29.2. The molecule has 4 aliphatic carbocycles. The molecule has 0 N–H and O–H groups in total.